The van der Waals surface area contributed by atoms with Crippen molar-refractivity contribution in [2.24, 2.45) is 63.1 Å². The molecule has 0 saturated carbocycles. The van der Waals surface area contributed by atoms with Gasteiger partial charge in [-0.2, -0.15) is 0 Å². The van der Waals surface area contributed by atoms with Gasteiger partial charge in [0.25, 0.3) is 0 Å². The molecule has 0 radical (unpaired) electrons. The number of unbranched alkanes of at least 4 members (excludes halogenated alkanes) is 1. The van der Waals surface area contributed by atoms with Crippen molar-refractivity contribution in [2.45, 2.75) is 176 Å². The van der Waals surface area contributed by atoms with Gasteiger partial charge in [-0.15, -0.1) is 0 Å². The average Bonchev–Trinajstić information content (AvgIpc) is 0.864. The average molecular weight is 1420 g/mol. The Morgan fingerprint density at radius 2 is 0.440 bits per heavy atom. The Hall–Kier alpha value is -11.0. The van der Waals surface area contributed by atoms with Crippen LogP contribution in [-0.2, 0) is 52.7 Å². The molecule has 0 aliphatic rings. The van der Waals surface area contributed by atoms with E-state index < -0.39 is 169 Å². The molecule has 566 valence electrons. The fraction of sp³-hybridized carbons (Fsp3) is 0.673. The molecular weight excluding hydrogens is 1310 g/mol. The molecule has 0 spiro atoms. The summed E-state index contributed by atoms with van der Waals surface area (Å²) in [6, 6.07) is -13.3. The Kier molecular flexibility index (Phi) is 45.6. The van der Waals surface area contributed by atoms with Crippen LogP contribution >= 0.6 is 0 Å². The SMILES string of the molecule is N=C(N)NCCC[C@H](NC(=O)[C@H](CCCNC(=N)N)NC(=O)[C@H](CCCNC(=N)N)NC(=O)[C@H](CCC(N)=O)NC(=O)[C@H](CCCNC(=N)N)NC(=O)[C@H](CCCNC(=N)N)NC(=O)[C@H](CCCNC(=N)N)NC(=O)[C@H](CCCCN)NC(=O)[C@H](CCCNC(=N)N)NC(=O)CN)C(N)=O. The molecule has 100 heavy (non-hydrogen) atoms. The van der Waals surface area contributed by atoms with E-state index in [0.29, 0.717) is 12.8 Å². The number of carbonyl (C=O) groups excluding carboxylic acids is 11. The van der Waals surface area contributed by atoms with Crippen LogP contribution in [-0.4, -0.2) is 220 Å². The number of nitrogens with two attached hydrogens (primary N) is 11. The van der Waals surface area contributed by atoms with Crippen molar-refractivity contribution in [1.82, 2.24) is 85.1 Å². The van der Waals surface area contributed by atoms with Gasteiger partial charge in [0.15, 0.2) is 41.7 Å². The number of nitrogens with one attached hydrogen (secondary N) is 23. The van der Waals surface area contributed by atoms with Gasteiger partial charge in [0.05, 0.1) is 6.54 Å². The Labute approximate surface area is 579 Å². The summed E-state index contributed by atoms with van der Waals surface area (Å²) >= 11 is 0. The molecule has 0 heterocycles. The highest BCUT2D eigenvalue weighted by Gasteiger charge is 2.36. The van der Waals surface area contributed by atoms with Crippen LogP contribution in [0.25, 0.3) is 0 Å². The second-order valence-corrected chi connectivity index (χ2v) is 22.9. The molecule has 45 N–H and O–H groups in total. The standard InChI is InChI=1S/C55H110N34O11/c56-20-2-1-10-31(83-41(93)30(81-39(91)28-57)12-4-22-75-50(62)63)43(95)85-33(14-6-24-77-52(66)67)44(96)86-34(15-7-25-78-53(68)69)45(97)87-36(17-9-27-80-55(72)73)47(99)89-37(18-19-38(58)90)48(100)88-35(16-8-26-79-54(70)71)46(98)84-32(13-5-23-76-51(64)65)42(94)82-29(40(59)92)11-3-21-74-49(60)61/h29-37H,1-28,56-57H2,(H2,58,90)(H2,59,92)(H,81,91)(H,82,94)(H,83,93)(H,84,98)(H,85,95)(H,86,96)(H,87,97)(H,88,100)(H,89,99)(H4,60,61,74)(H4,62,63,75)(H4,64,65,76)(H4,66,67,77)(H4,68,69,78)(H4,70,71,79)(H4,72,73,80)/t29-,30-,31-,32-,33-,34-,35-,36-,37-/m0/s1. The summed E-state index contributed by atoms with van der Waals surface area (Å²) in [5.74, 6) is -13.1. The molecule has 0 aliphatic heterocycles. The van der Waals surface area contributed by atoms with Crippen molar-refractivity contribution in [3.63, 3.8) is 0 Å². The van der Waals surface area contributed by atoms with Crippen LogP contribution < -0.4 is 148 Å². The highest BCUT2D eigenvalue weighted by molar-refractivity contribution is 5.99. The molecular formula is C55H110N34O11. The van der Waals surface area contributed by atoms with Gasteiger partial charge in [-0.3, -0.25) is 90.6 Å². The fourth-order valence-corrected chi connectivity index (χ4v) is 9.35. The van der Waals surface area contributed by atoms with Gasteiger partial charge in [0.2, 0.25) is 65.0 Å². The van der Waals surface area contributed by atoms with Crippen LogP contribution in [0.5, 0.6) is 0 Å². The second-order valence-electron chi connectivity index (χ2n) is 22.9. The quantitative estimate of drug-likeness (QED) is 0.0153. The topological polar surface area (TPSA) is 833 Å². The number of amides is 11. The van der Waals surface area contributed by atoms with Crippen LogP contribution in [0.3, 0.4) is 0 Å². The first-order valence-electron chi connectivity index (χ1n) is 32.5. The molecule has 0 saturated heterocycles. The molecule has 11 amide bonds. The maximum absolute atomic E-state index is 14.7. The predicted molar refractivity (Wildman–Crippen MR) is 371 cm³/mol. The van der Waals surface area contributed by atoms with Crippen LogP contribution in [0.4, 0.5) is 0 Å². The van der Waals surface area contributed by atoms with Gasteiger partial charge in [0.1, 0.15) is 54.4 Å². The highest BCUT2D eigenvalue weighted by atomic mass is 16.2. The summed E-state index contributed by atoms with van der Waals surface area (Å²) in [6.45, 7) is -0.0205. The fourth-order valence-electron chi connectivity index (χ4n) is 9.35. The molecule has 0 aromatic carbocycles. The molecule has 0 aromatic heterocycles. The minimum Gasteiger partial charge on any atom is -0.370 e. The molecule has 0 rings (SSSR count). The summed E-state index contributed by atoms with van der Waals surface area (Å²) in [5, 5.41) is 94.1. The van der Waals surface area contributed by atoms with Crippen molar-refractivity contribution in [2.75, 3.05) is 58.9 Å². The number of hydrogen-bond acceptors (Lipinski definition) is 20. The number of hydrogen-bond donors (Lipinski definition) is 34. The van der Waals surface area contributed by atoms with Crippen molar-refractivity contribution >= 4 is 107 Å². The molecule has 45 nitrogen and oxygen atoms in total. The Morgan fingerprint density at radius 3 is 0.630 bits per heavy atom. The monoisotopic (exact) mass is 1420 g/mol. The summed E-state index contributed by atoms with van der Waals surface area (Å²) in [4.78, 5) is 153. The van der Waals surface area contributed by atoms with E-state index in [-0.39, 0.29) is 161 Å². The number of guanidine groups is 7. The lowest BCUT2D eigenvalue weighted by atomic mass is 10.0. The van der Waals surface area contributed by atoms with Crippen molar-refractivity contribution in [3.05, 3.63) is 0 Å². The number of primary amides is 2. The predicted octanol–water partition coefficient (Wildman–Crippen LogP) is -12.0. The van der Waals surface area contributed by atoms with Crippen LogP contribution in [0.15, 0.2) is 0 Å². The van der Waals surface area contributed by atoms with Crippen molar-refractivity contribution < 1.29 is 52.7 Å². The summed E-state index contributed by atoms with van der Waals surface area (Å²) in [6.07, 6.45) is -0.836. The first kappa shape index (κ1) is 89.0. The lowest BCUT2D eigenvalue weighted by Crippen LogP contribution is -2.60. The number of carbonyl (C=O) groups is 11. The first-order chi connectivity index (χ1) is 47.2. The van der Waals surface area contributed by atoms with Crippen molar-refractivity contribution in [3.8, 4) is 0 Å². The van der Waals surface area contributed by atoms with Gasteiger partial charge >= 0.3 is 0 Å². The van der Waals surface area contributed by atoms with Gasteiger partial charge in [-0.1, -0.05) is 0 Å². The third-order valence-corrected chi connectivity index (χ3v) is 14.4. The van der Waals surface area contributed by atoms with Gasteiger partial charge < -0.3 is 148 Å². The summed E-state index contributed by atoms with van der Waals surface area (Å²) < 4.78 is 0. The summed E-state index contributed by atoms with van der Waals surface area (Å²) in [5.41, 5.74) is 60.6. The molecule has 0 fully saturated rings. The zero-order valence-electron chi connectivity index (χ0n) is 56.3. The molecule has 0 aromatic rings. The zero-order chi connectivity index (χ0) is 75.7. The molecule has 0 bridgehead atoms. The van der Waals surface area contributed by atoms with E-state index in [9.17, 15) is 52.7 Å². The molecule has 0 aliphatic carbocycles. The van der Waals surface area contributed by atoms with Gasteiger partial charge in [-0.25, -0.2) is 0 Å². The first-order valence-corrected chi connectivity index (χ1v) is 32.5. The minimum absolute atomic E-state index is 0.00636. The van der Waals surface area contributed by atoms with Crippen LogP contribution in [0.2, 0.25) is 0 Å². The highest BCUT2D eigenvalue weighted by Crippen LogP contribution is 2.12. The second kappa shape index (κ2) is 51.2. The van der Waals surface area contributed by atoms with Crippen LogP contribution in [0.1, 0.15) is 122 Å². The lowest BCUT2D eigenvalue weighted by Gasteiger charge is -2.28. The minimum atomic E-state index is -1.73. The third-order valence-electron chi connectivity index (χ3n) is 14.4. The smallest absolute Gasteiger partial charge is 0.243 e. The van der Waals surface area contributed by atoms with E-state index in [1.165, 1.54) is 0 Å². The van der Waals surface area contributed by atoms with E-state index in [0.717, 1.165) is 0 Å². The maximum atomic E-state index is 14.7. The Bertz CT molecular complexity index is 2740. The van der Waals surface area contributed by atoms with Gasteiger partial charge in [-0.05, 0) is 122 Å². The lowest BCUT2D eigenvalue weighted by molar-refractivity contribution is -0.136. The van der Waals surface area contributed by atoms with E-state index in [2.05, 4.69) is 85.1 Å². The van der Waals surface area contributed by atoms with Gasteiger partial charge in [0, 0.05) is 52.2 Å². The molecule has 0 unspecified atom stereocenters. The Balaban J connectivity index is 7.63. The van der Waals surface area contributed by atoms with Crippen LogP contribution in [0, 0.1) is 37.9 Å². The normalized spacial score (nSPS) is 13.3. The van der Waals surface area contributed by atoms with Crippen molar-refractivity contribution in [1.29, 1.82) is 37.9 Å². The Morgan fingerprint density at radius 1 is 0.250 bits per heavy atom. The van der Waals surface area contributed by atoms with E-state index in [1.54, 1.807) is 0 Å². The molecule has 45 heteroatoms. The van der Waals surface area contributed by atoms with E-state index in [1.807, 2.05) is 0 Å². The summed E-state index contributed by atoms with van der Waals surface area (Å²) in [7, 11) is 0. The molecule has 9 atom stereocenters. The van der Waals surface area contributed by atoms with E-state index in [4.69, 9.17) is 101 Å². The van der Waals surface area contributed by atoms with E-state index >= 15 is 0 Å². The number of rotatable bonds is 54. The third kappa shape index (κ3) is 43.2. The maximum Gasteiger partial charge on any atom is 0.243 e. The largest absolute Gasteiger partial charge is 0.370 e. The zero-order valence-corrected chi connectivity index (χ0v) is 56.3.